The topological polar surface area (TPSA) is 27.0 Å². The molecule has 0 aromatic heterocycles. The summed E-state index contributed by atoms with van der Waals surface area (Å²) in [5.74, 6) is 0.196. The monoisotopic (exact) mass is 442 g/mol. The molecule has 5 heteroatoms. The molecule has 0 aliphatic heterocycles. The minimum Gasteiger partial charge on any atom is -0.299 e. The molecule has 1 aliphatic carbocycles. The molecule has 1 aliphatic rings. The molecule has 3 rings (SSSR count). The van der Waals surface area contributed by atoms with Crippen LogP contribution in [-0.4, -0.2) is 18.0 Å². The third-order valence-electron chi connectivity index (χ3n) is 7.22. The van der Waals surface area contributed by atoms with E-state index in [2.05, 4.69) is 37.1 Å². The molecule has 0 saturated heterocycles. The zero-order chi connectivity index (χ0) is 23.2. The van der Waals surface area contributed by atoms with E-state index >= 15 is 0 Å². The molecule has 0 radical (unpaired) electrons. The summed E-state index contributed by atoms with van der Waals surface area (Å²) in [5, 5.41) is 10.4. The van der Waals surface area contributed by atoms with Crippen LogP contribution in [0, 0.1) is 17.2 Å². The van der Waals surface area contributed by atoms with Crippen LogP contribution in [0.5, 0.6) is 0 Å². The number of nitrogens with zero attached hydrogens (tertiary/aromatic N) is 2. The van der Waals surface area contributed by atoms with Gasteiger partial charge in [-0.25, -0.2) is 0 Å². The standard InChI is InChI=1S/C27H33F3N2/c1-3-25(32(2)19-21-9-5-4-6-10-21)17-18-26(20-31,22-11-7-8-12-22)23-13-15-24(16-14-23)27(28,29)30/h4-6,9-10,13-16,22,25H,3,7-8,11-12,17-19H2,1-2H3. The maximum Gasteiger partial charge on any atom is 0.416 e. The van der Waals surface area contributed by atoms with Crippen molar-refractivity contribution in [1.29, 1.82) is 5.26 Å². The van der Waals surface area contributed by atoms with Gasteiger partial charge in [-0.05, 0) is 68.3 Å². The van der Waals surface area contributed by atoms with Crippen molar-refractivity contribution in [2.45, 2.75) is 76.0 Å². The third-order valence-corrected chi connectivity index (χ3v) is 7.22. The summed E-state index contributed by atoms with van der Waals surface area (Å²) in [7, 11) is 2.11. The van der Waals surface area contributed by atoms with Gasteiger partial charge in [0, 0.05) is 12.6 Å². The Labute approximate surface area is 190 Å². The first-order valence-corrected chi connectivity index (χ1v) is 11.6. The van der Waals surface area contributed by atoms with Gasteiger partial charge in [-0.2, -0.15) is 18.4 Å². The molecular formula is C27H33F3N2. The lowest BCUT2D eigenvalue weighted by Gasteiger charge is -2.36. The molecule has 2 aromatic rings. The molecule has 2 unspecified atom stereocenters. The van der Waals surface area contributed by atoms with Crippen LogP contribution < -0.4 is 0 Å². The fourth-order valence-electron chi connectivity index (χ4n) is 5.30. The van der Waals surface area contributed by atoms with Crippen molar-refractivity contribution in [2.24, 2.45) is 5.92 Å². The highest BCUT2D eigenvalue weighted by Crippen LogP contribution is 2.46. The van der Waals surface area contributed by atoms with E-state index in [1.54, 1.807) is 12.1 Å². The van der Waals surface area contributed by atoms with Crippen molar-refractivity contribution < 1.29 is 13.2 Å². The van der Waals surface area contributed by atoms with Crippen molar-refractivity contribution in [2.75, 3.05) is 7.05 Å². The minimum atomic E-state index is -4.37. The Morgan fingerprint density at radius 2 is 1.59 bits per heavy atom. The second-order valence-electron chi connectivity index (χ2n) is 9.14. The van der Waals surface area contributed by atoms with Crippen molar-refractivity contribution in [1.82, 2.24) is 4.90 Å². The van der Waals surface area contributed by atoms with Crippen molar-refractivity contribution in [3.63, 3.8) is 0 Å². The van der Waals surface area contributed by atoms with E-state index in [1.807, 2.05) is 18.2 Å². The number of rotatable bonds is 9. The number of hydrogen-bond donors (Lipinski definition) is 0. The van der Waals surface area contributed by atoms with E-state index in [-0.39, 0.29) is 5.92 Å². The predicted molar refractivity (Wildman–Crippen MR) is 122 cm³/mol. The average Bonchev–Trinajstić information content (AvgIpc) is 3.33. The summed E-state index contributed by atoms with van der Waals surface area (Å²) in [5.41, 5.74) is 0.592. The van der Waals surface area contributed by atoms with Crippen LogP contribution in [0.15, 0.2) is 54.6 Å². The number of benzene rings is 2. The lowest BCUT2D eigenvalue weighted by molar-refractivity contribution is -0.137. The summed E-state index contributed by atoms with van der Waals surface area (Å²) in [6.07, 6.45) is 2.19. The molecule has 2 atom stereocenters. The molecule has 2 aromatic carbocycles. The number of hydrogen-bond acceptors (Lipinski definition) is 2. The normalized spacial score (nSPS) is 17.8. The van der Waals surface area contributed by atoms with Gasteiger partial charge in [-0.1, -0.05) is 62.2 Å². The summed E-state index contributed by atoms with van der Waals surface area (Å²) in [4.78, 5) is 2.33. The average molecular weight is 443 g/mol. The van der Waals surface area contributed by atoms with E-state index in [4.69, 9.17) is 0 Å². The summed E-state index contributed by atoms with van der Waals surface area (Å²) in [6.45, 7) is 3.00. The number of halogens is 3. The highest BCUT2D eigenvalue weighted by Gasteiger charge is 2.43. The molecule has 2 nitrogen and oxygen atoms in total. The van der Waals surface area contributed by atoms with Gasteiger partial charge in [0.25, 0.3) is 0 Å². The van der Waals surface area contributed by atoms with Crippen molar-refractivity contribution >= 4 is 0 Å². The molecule has 0 heterocycles. The quantitative estimate of drug-likeness (QED) is 0.406. The number of nitriles is 1. The summed E-state index contributed by atoms with van der Waals surface area (Å²) in [6, 6.07) is 18.6. The molecule has 172 valence electrons. The second kappa shape index (κ2) is 10.5. The van der Waals surface area contributed by atoms with Crippen molar-refractivity contribution in [3.05, 3.63) is 71.3 Å². The van der Waals surface area contributed by atoms with E-state index in [0.717, 1.165) is 62.8 Å². The van der Waals surface area contributed by atoms with Gasteiger partial charge in [-0.3, -0.25) is 4.90 Å². The maximum atomic E-state index is 13.1. The van der Waals surface area contributed by atoms with E-state index in [0.29, 0.717) is 12.5 Å². The Hall–Kier alpha value is -2.32. The van der Waals surface area contributed by atoms with Crippen LogP contribution in [0.4, 0.5) is 13.2 Å². The van der Waals surface area contributed by atoms with Gasteiger partial charge < -0.3 is 0 Å². The molecule has 32 heavy (non-hydrogen) atoms. The lowest BCUT2D eigenvalue weighted by Crippen LogP contribution is -2.37. The van der Waals surface area contributed by atoms with Crippen LogP contribution in [0.1, 0.15) is 68.6 Å². The van der Waals surface area contributed by atoms with Crippen LogP contribution in [-0.2, 0) is 18.1 Å². The van der Waals surface area contributed by atoms with Gasteiger partial charge in [0.05, 0.1) is 17.0 Å². The zero-order valence-corrected chi connectivity index (χ0v) is 19.0. The Morgan fingerprint density at radius 1 is 1.00 bits per heavy atom. The first-order chi connectivity index (χ1) is 15.3. The van der Waals surface area contributed by atoms with Crippen LogP contribution in [0.2, 0.25) is 0 Å². The predicted octanol–water partition coefficient (Wildman–Crippen LogP) is 7.35. The smallest absolute Gasteiger partial charge is 0.299 e. The SMILES string of the molecule is CCC(CCC(C#N)(c1ccc(C(F)(F)F)cc1)C1CCCC1)N(C)Cc1ccccc1. The molecule has 0 spiro atoms. The largest absolute Gasteiger partial charge is 0.416 e. The molecule has 0 bridgehead atoms. The minimum absolute atomic E-state index is 0.196. The van der Waals surface area contributed by atoms with Crippen LogP contribution in [0.3, 0.4) is 0 Å². The van der Waals surface area contributed by atoms with Crippen molar-refractivity contribution in [3.8, 4) is 6.07 Å². The van der Waals surface area contributed by atoms with E-state index in [1.165, 1.54) is 5.56 Å². The zero-order valence-electron chi connectivity index (χ0n) is 19.0. The maximum absolute atomic E-state index is 13.1. The molecule has 1 fully saturated rings. The third kappa shape index (κ3) is 5.53. The molecule has 0 amide bonds. The fourth-order valence-corrected chi connectivity index (χ4v) is 5.30. The van der Waals surface area contributed by atoms with Gasteiger partial charge in [0.1, 0.15) is 0 Å². The Kier molecular flexibility index (Phi) is 8.00. The molecule has 1 saturated carbocycles. The second-order valence-corrected chi connectivity index (χ2v) is 9.14. The van der Waals surface area contributed by atoms with Gasteiger partial charge in [-0.15, -0.1) is 0 Å². The highest BCUT2D eigenvalue weighted by atomic mass is 19.4. The van der Waals surface area contributed by atoms with E-state index < -0.39 is 17.2 Å². The molecular weight excluding hydrogens is 409 g/mol. The lowest BCUT2D eigenvalue weighted by atomic mass is 9.67. The summed E-state index contributed by atoms with van der Waals surface area (Å²) < 4.78 is 39.3. The first-order valence-electron chi connectivity index (χ1n) is 11.6. The first kappa shape index (κ1) is 24.3. The van der Waals surface area contributed by atoms with E-state index in [9.17, 15) is 18.4 Å². The Morgan fingerprint density at radius 3 is 2.12 bits per heavy atom. The Bertz CT molecular complexity index is 880. The molecule has 0 N–H and O–H groups in total. The number of alkyl halides is 3. The van der Waals surface area contributed by atoms with Crippen LogP contribution in [0.25, 0.3) is 0 Å². The fraction of sp³-hybridized carbons (Fsp3) is 0.519. The van der Waals surface area contributed by atoms with Crippen LogP contribution >= 0.6 is 0 Å². The van der Waals surface area contributed by atoms with Gasteiger partial charge >= 0.3 is 6.18 Å². The highest BCUT2D eigenvalue weighted by molar-refractivity contribution is 5.37. The summed E-state index contributed by atoms with van der Waals surface area (Å²) >= 11 is 0. The van der Waals surface area contributed by atoms with Gasteiger partial charge in [0.2, 0.25) is 0 Å². The van der Waals surface area contributed by atoms with Gasteiger partial charge in [0.15, 0.2) is 0 Å². The Balaban J connectivity index is 1.82.